The zero-order valence-electron chi connectivity index (χ0n) is 16.5. The largest absolute Gasteiger partial charge is 0.466 e. The van der Waals surface area contributed by atoms with Crippen LogP contribution in [0.15, 0.2) is 22.8 Å². The van der Waals surface area contributed by atoms with Crippen LogP contribution in [0.5, 0.6) is 0 Å². The van der Waals surface area contributed by atoms with E-state index in [2.05, 4.69) is 0 Å². The van der Waals surface area contributed by atoms with Crippen molar-refractivity contribution in [3.05, 3.63) is 24.2 Å². The molecule has 0 aliphatic rings. The molecule has 0 saturated carbocycles. The van der Waals surface area contributed by atoms with E-state index in [1.165, 1.54) is 12.3 Å². The highest BCUT2D eigenvalue weighted by atomic mass is 16.5. The minimum Gasteiger partial charge on any atom is -0.466 e. The summed E-state index contributed by atoms with van der Waals surface area (Å²) >= 11 is 0. The van der Waals surface area contributed by atoms with Crippen LogP contribution in [-0.2, 0) is 28.5 Å². The summed E-state index contributed by atoms with van der Waals surface area (Å²) in [6, 6.07) is 3.15. The number of carbonyl (C=O) groups is 3. The Morgan fingerprint density at radius 3 is 1.82 bits per heavy atom. The topological polar surface area (TPSA) is 101 Å². The van der Waals surface area contributed by atoms with Gasteiger partial charge in [0.2, 0.25) is 5.76 Å². The molecule has 1 aromatic heterocycles. The summed E-state index contributed by atoms with van der Waals surface area (Å²) in [6.45, 7) is 1.59. The highest BCUT2D eigenvalue weighted by Crippen LogP contribution is 2.05. The minimum absolute atomic E-state index is 0.168. The molecule has 0 aromatic carbocycles. The van der Waals surface area contributed by atoms with Crippen LogP contribution in [0.1, 0.15) is 61.9 Å². The number of ether oxygens (including phenoxy) is 4. The lowest BCUT2D eigenvalue weighted by molar-refractivity contribution is -0.146. The number of methoxy groups -OCH3 is 1. The normalized spacial score (nSPS) is 10.5. The lowest BCUT2D eigenvalue weighted by Gasteiger charge is -2.06. The molecule has 0 bridgehead atoms. The molecular weight excluding hydrogens is 368 g/mol. The van der Waals surface area contributed by atoms with Crippen LogP contribution in [0.25, 0.3) is 0 Å². The molecule has 0 radical (unpaired) electrons. The van der Waals surface area contributed by atoms with E-state index in [1.54, 1.807) is 13.2 Å². The molecule has 0 saturated heterocycles. The molecule has 0 aliphatic carbocycles. The first-order valence-corrected chi connectivity index (χ1v) is 9.64. The molecule has 0 unspecified atom stereocenters. The number of hydrogen-bond acceptors (Lipinski definition) is 8. The van der Waals surface area contributed by atoms with E-state index in [-0.39, 0.29) is 37.3 Å². The van der Waals surface area contributed by atoms with Crippen LogP contribution in [0.3, 0.4) is 0 Å². The fourth-order valence-corrected chi connectivity index (χ4v) is 2.24. The Hall–Kier alpha value is -2.35. The Balaban J connectivity index is 1.88. The molecule has 1 rings (SSSR count). The predicted octanol–water partition coefficient (Wildman–Crippen LogP) is 3.29. The van der Waals surface area contributed by atoms with Gasteiger partial charge in [0.25, 0.3) is 0 Å². The Labute approximate surface area is 165 Å². The van der Waals surface area contributed by atoms with E-state index < -0.39 is 5.97 Å². The first-order chi connectivity index (χ1) is 13.6. The van der Waals surface area contributed by atoms with Gasteiger partial charge in [-0.3, -0.25) is 9.59 Å². The molecular formula is C20H30O8. The highest BCUT2D eigenvalue weighted by Gasteiger charge is 2.09. The Kier molecular flexibility index (Phi) is 13.3. The lowest BCUT2D eigenvalue weighted by atomic mass is 10.2. The predicted molar refractivity (Wildman–Crippen MR) is 99.7 cm³/mol. The van der Waals surface area contributed by atoms with Gasteiger partial charge in [0.05, 0.1) is 26.1 Å². The second-order valence-corrected chi connectivity index (χ2v) is 6.17. The van der Waals surface area contributed by atoms with Gasteiger partial charge >= 0.3 is 17.9 Å². The first-order valence-electron chi connectivity index (χ1n) is 9.64. The SMILES string of the molecule is COCCCCOC(=O)CCCCC(=O)OCCCCOC(=O)c1ccco1. The maximum atomic E-state index is 11.6. The third-order valence-electron chi connectivity index (χ3n) is 3.77. The Morgan fingerprint density at radius 1 is 0.786 bits per heavy atom. The van der Waals surface area contributed by atoms with Gasteiger partial charge in [-0.15, -0.1) is 0 Å². The molecule has 8 nitrogen and oxygen atoms in total. The Morgan fingerprint density at radius 2 is 1.32 bits per heavy atom. The zero-order chi connectivity index (χ0) is 20.5. The van der Waals surface area contributed by atoms with E-state index in [0.717, 1.165) is 12.8 Å². The van der Waals surface area contributed by atoms with Crippen LogP contribution < -0.4 is 0 Å². The van der Waals surface area contributed by atoms with Gasteiger partial charge in [-0.1, -0.05) is 0 Å². The van der Waals surface area contributed by atoms with Gasteiger partial charge in [-0.05, 0) is 50.7 Å². The molecule has 0 fully saturated rings. The van der Waals surface area contributed by atoms with Crippen molar-refractivity contribution in [2.75, 3.05) is 33.5 Å². The maximum Gasteiger partial charge on any atom is 0.374 e. The van der Waals surface area contributed by atoms with Crippen molar-refractivity contribution in [1.82, 2.24) is 0 Å². The highest BCUT2D eigenvalue weighted by molar-refractivity contribution is 5.86. The number of furan rings is 1. The van der Waals surface area contributed by atoms with Gasteiger partial charge in [-0.25, -0.2) is 4.79 Å². The maximum absolute atomic E-state index is 11.6. The van der Waals surface area contributed by atoms with E-state index in [4.69, 9.17) is 23.4 Å². The molecule has 0 aliphatic heterocycles. The number of carbonyl (C=O) groups excluding carboxylic acids is 3. The van der Waals surface area contributed by atoms with Gasteiger partial charge < -0.3 is 23.4 Å². The minimum atomic E-state index is -0.504. The number of rotatable bonds is 16. The molecule has 158 valence electrons. The molecule has 0 spiro atoms. The van der Waals surface area contributed by atoms with Crippen molar-refractivity contribution in [3.63, 3.8) is 0 Å². The first kappa shape index (κ1) is 23.7. The van der Waals surface area contributed by atoms with Crippen molar-refractivity contribution >= 4 is 17.9 Å². The monoisotopic (exact) mass is 398 g/mol. The third-order valence-corrected chi connectivity index (χ3v) is 3.77. The van der Waals surface area contributed by atoms with Crippen LogP contribution in [0.4, 0.5) is 0 Å². The smallest absolute Gasteiger partial charge is 0.374 e. The van der Waals surface area contributed by atoms with Crippen LogP contribution >= 0.6 is 0 Å². The van der Waals surface area contributed by atoms with Gasteiger partial charge in [0, 0.05) is 26.6 Å². The van der Waals surface area contributed by atoms with Crippen LogP contribution in [0.2, 0.25) is 0 Å². The van der Waals surface area contributed by atoms with Gasteiger partial charge in [-0.2, -0.15) is 0 Å². The summed E-state index contributed by atoms with van der Waals surface area (Å²) in [6.07, 6.45) is 6.00. The summed E-state index contributed by atoms with van der Waals surface area (Å²) in [7, 11) is 1.64. The van der Waals surface area contributed by atoms with Gasteiger partial charge in [0.15, 0.2) is 0 Å². The van der Waals surface area contributed by atoms with E-state index in [9.17, 15) is 14.4 Å². The summed E-state index contributed by atoms with van der Waals surface area (Å²) < 4.78 is 25.0. The van der Waals surface area contributed by atoms with Gasteiger partial charge in [0.1, 0.15) is 0 Å². The summed E-state index contributed by atoms with van der Waals surface area (Å²) in [4.78, 5) is 34.6. The molecule has 0 amide bonds. The molecule has 0 N–H and O–H groups in total. The van der Waals surface area contributed by atoms with E-state index in [0.29, 0.717) is 45.3 Å². The van der Waals surface area contributed by atoms with Crippen LogP contribution in [0, 0.1) is 0 Å². The summed E-state index contributed by atoms with van der Waals surface area (Å²) in [5.41, 5.74) is 0. The average Bonchev–Trinajstić information content (AvgIpc) is 3.22. The lowest BCUT2D eigenvalue weighted by Crippen LogP contribution is -2.09. The third kappa shape index (κ3) is 12.1. The number of unbranched alkanes of at least 4 members (excludes halogenated alkanes) is 3. The molecule has 1 heterocycles. The fourth-order valence-electron chi connectivity index (χ4n) is 2.24. The van der Waals surface area contributed by atoms with Crippen molar-refractivity contribution in [2.24, 2.45) is 0 Å². The number of esters is 3. The quantitative estimate of drug-likeness (QED) is 0.237. The van der Waals surface area contributed by atoms with Crippen molar-refractivity contribution in [3.8, 4) is 0 Å². The second-order valence-electron chi connectivity index (χ2n) is 6.17. The second kappa shape index (κ2) is 15.7. The van der Waals surface area contributed by atoms with Crippen LogP contribution in [-0.4, -0.2) is 51.4 Å². The van der Waals surface area contributed by atoms with Crippen molar-refractivity contribution in [2.45, 2.75) is 51.4 Å². The zero-order valence-corrected chi connectivity index (χ0v) is 16.5. The molecule has 8 heteroatoms. The Bertz CT molecular complexity index is 553. The van der Waals surface area contributed by atoms with E-state index >= 15 is 0 Å². The van der Waals surface area contributed by atoms with Crippen molar-refractivity contribution < 1.29 is 37.7 Å². The average molecular weight is 398 g/mol. The molecule has 0 atom stereocenters. The summed E-state index contributed by atoms with van der Waals surface area (Å²) in [5.74, 6) is -0.868. The summed E-state index contributed by atoms with van der Waals surface area (Å²) in [5, 5.41) is 0. The van der Waals surface area contributed by atoms with Crippen molar-refractivity contribution in [1.29, 1.82) is 0 Å². The molecule has 28 heavy (non-hydrogen) atoms. The number of hydrogen-bond donors (Lipinski definition) is 0. The van der Waals surface area contributed by atoms with E-state index in [1.807, 2.05) is 0 Å². The fraction of sp³-hybridized carbons (Fsp3) is 0.650. The molecule has 1 aromatic rings. The standard InChI is InChI=1S/C20H30O8/c1-24-12-4-5-13-26-18(21)10-2-3-11-19(22)27-14-6-7-15-28-20(23)17-9-8-16-25-17/h8-9,16H,2-7,10-15H2,1H3.